The molecule has 23 heavy (non-hydrogen) atoms. The number of aromatic hydroxyl groups is 1. The van der Waals surface area contributed by atoms with Crippen LogP contribution in [0.5, 0.6) is 5.75 Å². The van der Waals surface area contributed by atoms with Gasteiger partial charge in [-0.15, -0.1) is 14.6 Å². The third-order valence-electron chi connectivity index (χ3n) is 2.97. The molecule has 6 nitrogen and oxygen atoms in total. The minimum Gasteiger partial charge on any atom is -0.506 e. The van der Waals surface area contributed by atoms with Gasteiger partial charge in [-0.1, -0.05) is 37.1 Å². The van der Waals surface area contributed by atoms with E-state index in [1.54, 1.807) is 30.3 Å². The molecule has 0 radical (unpaired) electrons. The van der Waals surface area contributed by atoms with Gasteiger partial charge >= 0.3 is 0 Å². The number of hydrogen-bond acceptors (Lipinski definition) is 7. The molecule has 0 saturated heterocycles. The van der Waals surface area contributed by atoms with Crippen LogP contribution < -0.4 is 0 Å². The summed E-state index contributed by atoms with van der Waals surface area (Å²) in [6.07, 6.45) is 0.900. The molecule has 0 spiro atoms. The molecular weight excluding hydrogens is 316 g/mol. The van der Waals surface area contributed by atoms with Gasteiger partial charge in [0.2, 0.25) is 0 Å². The summed E-state index contributed by atoms with van der Waals surface area (Å²) in [7, 11) is 0. The predicted octanol–water partition coefficient (Wildman–Crippen LogP) is 5.43. The van der Waals surface area contributed by atoms with E-state index in [0.29, 0.717) is 22.2 Å². The van der Waals surface area contributed by atoms with Crippen molar-refractivity contribution in [3.63, 3.8) is 0 Å². The molecule has 0 amide bonds. The highest BCUT2D eigenvalue weighted by atomic mass is 32.2. The number of nitrogens with zero attached hydrogens (tertiary/aromatic N) is 2. The Kier molecular flexibility index (Phi) is 6.54. The van der Waals surface area contributed by atoms with Crippen LogP contribution in [0.4, 0.5) is 11.4 Å². The van der Waals surface area contributed by atoms with Crippen molar-refractivity contribution in [1.82, 2.24) is 0 Å². The molecule has 0 fully saturated rings. The summed E-state index contributed by atoms with van der Waals surface area (Å²) in [5.74, 6) is 0.582. The van der Waals surface area contributed by atoms with Crippen LogP contribution in [0.1, 0.15) is 19.4 Å². The Labute approximate surface area is 138 Å². The second kappa shape index (κ2) is 8.64. The van der Waals surface area contributed by atoms with Gasteiger partial charge in [0.15, 0.2) is 0 Å². The molecule has 2 aromatic rings. The summed E-state index contributed by atoms with van der Waals surface area (Å²) in [5.41, 5.74) is 2.02. The van der Waals surface area contributed by atoms with Crippen molar-refractivity contribution >= 4 is 23.4 Å². The van der Waals surface area contributed by atoms with E-state index in [0.717, 1.165) is 24.0 Å². The molecule has 2 N–H and O–H groups in total. The van der Waals surface area contributed by atoms with E-state index in [4.69, 9.17) is 5.26 Å². The SMILES string of the molecule is CC(C)Cc1ccc(O)c(/N=N/c2ccccc2SOOO)c1. The van der Waals surface area contributed by atoms with Crippen molar-refractivity contribution in [3.05, 3.63) is 48.0 Å². The fourth-order valence-corrected chi connectivity index (χ4v) is 2.45. The highest BCUT2D eigenvalue weighted by Gasteiger charge is 2.06. The average molecular weight is 334 g/mol. The molecule has 0 bridgehead atoms. The van der Waals surface area contributed by atoms with E-state index in [-0.39, 0.29) is 5.75 Å². The summed E-state index contributed by atoms with van der Waals surface area (Å²) in [5, 5.41) is 30.0. The van der Waals surface area contributed by atoms with Crippen LogP contribution >= 0.6 is 12.0 Å². The third kappa shape index (κ3) is 5.33. The summed E-state index contributed by atoms with van der Waals surface area (Å²) >= 11 is 0.809. The number of benzene rings is 2. The normalized spacial score (nSPS) is 11.5. The molecule has 2 aromatic carbocycles. The van der Waals surface area contributed by atoms with Gasteiger partial charge in [-0.3, -0.25) is 0 Å². The molecule has 0 heterocycles. The standard InChI is InChI=1S/C16H18N2O4S/c1-11(2)9-12-7-8-15(19)14(10-12)18-17-13-5-3-4-6-16(13)23-22-21-20/h3-8,10-11,19-20H,9H2,1-2H3/b18-17+. The Bertz CT molecular complexity index is 677. The van der Waals surface area contributed by atoms with E-state index in [9.17, 15) is 5.11 Å². The van der Waals surface area contributed by atoms with Gasteiger partial charge in [0.25, 0.3) is 0 Å². The number of phenols is 1. The van der Waals surface area contributed by atoms with Crippen LogP contribution in [0.3, 0.4) is 0 Å². The molecule has 0 aromatic heterocycles. The van der Waals surface area contributed by atoms with Gasteiger partial charge in [0, 0.05) is 0 Å². The Morgan fingerprint density at radius 3 is 2.57 bits per heavy atom. The fourth-order valence-electron chi connectivity index (χ4n) is 2.02. The van der Waals surface area contributed by atoms with E-state index in [2.05, 4.69) is 33.4 Å². The monoisotopic (exact) mass is 334 g/mol. The van der Waals surface area contributed by atoms with Gasteiger partial charge in [0.1, 0.15) is 17.1 Å². The van der Waals surface area contributed by atoms with Crippen molar-refractivity contribution < 1.29 is 19.7 Å². The van der Waals surface area contributed by atoms with Crippen molar-refractivity contribution in [3.8, 4) is 5.75 Å². The first kappa shape index (κ1) is 17.4. The second-order valence-electron chi connectivity index (χ2n) is 5.31. The maximum Gasteiger partial charge on any atom is 0.143 e. The fraction of sp³-hybridized carbons (Fsp3) is 0.250. The molecule has 7 heteroatoms. The van der Waals surface area contributed by atoms with E-state index in [1.807, 2.05) is 12.1 Å². The minimum atomic E-state index is 0.0707. The Hall–Kier alpha value is -1.93. The highest BCUT2D eigenvalue weighted by molar-refractivity contribution is 7.94. The quantitative estimate of drug-likeness (QED) is 0.305. The molecule has 2 rings (SSSR count). The van der Waals surface area contributed by atoms with E-state index in [1.165, 1.54) is 0 Å². The molecule has 122 valence electrons. The molecule has 0 saturated carbocycles. The lowest BCUT2D eigenvalue weighted by Crippen LogP contribution is -1.93. The molecule has 0 unspecified atom stereocenters. The first-order valence-electron chi connectivity index (χ1n) is 7.07. The van der Waals surface area contributed by atoms with Crippen molar-refractivity contribution in [2.24, 2.45) is 16.1 Å². The van der Waals surface area contributed by atoms with Crippen LogP contribution in [-0.4, -0.2) is 10.4 Å². The first-order valence-corrected chi connectivity index (χ1v) is 7.81. The summed E-state index contributed by atoms with van der Waals surface area (Å²) in [6, 6.07) is 12.4. The topological polar surface area (TPSA) is 83.6 Å². The van der Waals surface area contributed by atoms with Crippen molar-refractivity contribution in [2.45, 2.75) is 25.2 Å². The zero-order valence-electron chi connectivity index (χ0n) is 12.8. The smallest absolute Gasteiger partial charge is 0.143 e. The lowest BCUT2D eigenvalue weighted by Gasteiger charge is -2.06. The van der Waals surface area contributed by atoms with Crippen LogP contribution in [-0.2, 0) is 15.8 Å². The summed E-state index contributed by atoms with van der Waals surface area (Å²) < 4.78 is 4.42. The third-order valence-corrected chi connectivity index (χ3v) is 3.62. The van der Waals surface area contributed by atoms with Crippen molar-refractivity contribution in [1.29, 1.82) is 0 Å². The Balaban J connectivity index is 2.23. The first-order chi connectivity index (χ1) is 11.1. The molecule has 0 aliphatic carbocycles. The highest BCUT2D eigenvalue weighted by Crippen LogP contribution is 2.34. The van der Waals surface area contributed by atoms with Crippen LogP contribution in [0, 0.1) is 5.92 Å². The second-order valence-corrected chi connectivity index (χ2v) is 6.06. The van der Waals surface area contributed by atoms with Crippen LogP contribution in [0.2, 0.25) is 0 Å². The maximum atomic E-state index is 9.92. The largest absolute Gasteiger partial charge is 0.506 e. The van der Waals surface area contributed by atoms with Gasteiger partial charge < -0.3 is 5.11 Å². The van der Waals surface area contributed by atoms with Crippen molar-refractivity contribution in [2.75, 3.05) is 0 Å². The summed E-state index contributed by atoms with van der Waals surface area (Å²) in [6.45, 7) is 4.26. The molecular formula is C16H18N2O4S. The van der Waals surface area contributed by atoms with Gasteiger partial charge in [-0.2, -0.15) is 0 Å². The van der Waals surface area contributed by atoms with Gasteiger partial charge in [-0.05, 0) is 42.2 Å². The average Bonchev–Trinajstić information content (AvgIpc) is 2.53. The van der Waals surface area contributed by atoms with Gasteiger partial charge in [-0.25, -0.2) is 5.26 Å². The number of hydrogen-bond donors (Lipinski definition) is 2. The van der Waals surface area contributed by atoms with E-state index < -0.39 is 0 Å². The minimum absolute atomic E-state index is 0.0707. The van der Waals surface area contributed by atoms with Crippen LogP contribution in [0.25, 0.3) is 0 Å². The molecule has 0 aliphatic rings. The zero-order valence-corrected chi connectivity index (χ0v) is 13.7. The molecule has 0 aliphatic heterocycles. The Morgan fingerprint density at radius 2 is 1.83 bits per heavy atom. The number of rotatable bonds is 7. The number of azo groups is 1. The lowest BCUT2D eigenvalue weighted by molar-refractivity contribution is -0.432. The zero-order chi connectivity index (χ0) is 16.7. The Morgan fingerprint density at radius 1 is 1.09 bits per heavy atom. The lowest BCUT2D eigenvalue weighted by atomic mass is 10.0. The maximum absolute atomic E-state index is 9.92. The van der Waals surface area contributed by atoms with Crippen LogP contribution in [0.15, 0.2) is 57.6 Å². The summed E-state index contributed by atoms with van der Waals surface area (Å²) in [4.78, 5) is 0.614. The number of phenolic OH excluding ortho intramolecular Hbond substituents is 1. The predicted molar refractivity (Wildman–Crippen MR) is 87.9 cm³/mol. The molecule has 0 atom stereocenters. The van der Waals surface area contributed by atoms with Gasteiger partial charge in [0.05, 0.1) is 16.9 Å². The van der Waals surface area contributed by atoms with E-state index >= 15 is 0 Å².